The van der Waals surface area contributed by atoms with E-state index in [1.807, 2.05) is 24.3 Å². The molecule has 1 aromatic carbocycles. The third kappa shape index (κ3) is 2.61. The summed E-state index contributed by atoms with van der Waals surface area (Å²) in [5.41, 5.74) is 0.801. The first-order valence-electron chi connectivity index (χ1n) is 8.44. The van der Waals surface area contributed by atoms with Crippen LogP contribution >= 0.6 is 11.6 Å². The molecular weight excluding hydrogens is 326 g/mol. The molecule has 0 amide bonds. The van der Waals surface area contributed by atoms with Crippen molar-refractivity contribution in [1.82, 2.24) is 9.97 Å². The highest BCUT2D eigenvalue weighted by Crippen LogP contribution is 2.47. The lowest BCUT2D eigenvalue weighted by molar-refractivity contribution is -0.152. The second-order valence-electron chi connectivity index (χ2n) is 6.75. The number of carbonyl (C=O) groups excluding carboxylic acids is 1. The summed E-state index contributed by atoms with van der Waals surface area (Å²) in [6.07, 6.45) is 4.50. The van der Waals surface area contributed by atoms with Gasteiger partial charge in [0.05, 0.1) is 18.5 Å². The Labute approximate surface area is 145 Å². The Hall–Kier alpha value is -1.88. The lowest BCUT2D eigenvalue weighted by Gasteiger charge is -2.47. The summed E-state index contributed by atoms with van der Waals surface area (Å²) in [7, 11) is 1.47. The molecule has 6 heteroatoms. The van der Waals surface area contributed by atoms with E-state index in [4.69, 9.17) is 16.3 Å². The monoisotopic (exact) mass is 345 g/mol. The molecule has 3 aliphatic carbocycles. The van der Waals surface area contributed by atoms with E-state index < -0.39 is 0 Å². The zero-order valence-corrected chi connectivity index (χ0v) is 14.3. The molecule has 0 saturated heterocycles. The molecule has 3 aliphatic rings. The number of rotatable bonds is 3. The average Bonchev–Trinajstić information content (AvgIpc) is 2.62. The molecule has 126 valence electrons. The van der Waals surface area contributed by atoms with Crippen molar-refractivity contribution in [2.45, 2.75) is 31.7 Å². The number of nitrogens with one attached hydrogen (secondary N) is 1. The number of nitrogens with zero attached hydrogens (tertiary/aromatic N) is 2. The van der Waals surface area contributed by atoms with Crippen molar-refractivity contribution in [2.75, 3.05) is 12.4 Å². The number of hydrogen-bond donors (Lipinski definition) is 1. The summed E-state index contributed by atoms with van der Waals surface area (Å²) in [4.78, 5) is 21.0. The fourth-order valence-corrected chi connectivity index (χ4v) is 4.62. The van der Waals surface area contributed by atoms with Gasteiger partial charge in [0.15, 0.2) is 0 Å². The molecule has 2 atom stereocenters. The summed E-state index contributed by atoms with van der Waals surface area (Å²) >= 11 is 6.09. The van der Waals surface area contributed by atoms with Crippen molar-refractivity contribution >= 4 is 34.3 Å². The van der Waals surface area contributed by atoms with Gasteiger partial charge in [-0.25, -0.2) is 9.97 Å². The summed E-state index contributed by atoms with van der Waals surface area (Å²) in [5.74, 6) is 1.33. The number of hydrogen-bond acceptors (Lipinski definition) is 5. The van der Waals surface area contributed by atoms with Crippen molar-refractivity contribution in [3.63, 3.8) is 0 Å². The molecular formula is C18H20ClN3O2. The molecule has 24 heavy (non-hydrogen) atoms. The summed E-state index contributed by atoms with van der Waals surface area (Å²) in [6.45, 7) is 0. The second-order valence-corrected chi connectivity index (χ2v) is 7.09. The summed E-state index contributed by atoms with van der Waals surface area (Å²) in [5, 5.41) is 4.66. The molecule has 1 N–H and O–H groups in total. The summed E-state index contributed by atoms with van der Waals surface area (Å²) in [6, 6.07) is 7.81. The smallest absolute Gasteiger partial charge is 0.311 e. The molecule has 2 bridgehead atoms. The van der Waals surface area contributed by atoms with Crippen molar-refractivity contribution in [2.24, 2.45) is 17.8 Å². The van der Waals surface area contributed by atoms with Crippen molar-refractivity contribution in [3.8, 4) is 0 Å². The van der Waals surface area contributed by atoms with Crippen LogP contribution in [0.2, 0.25) is 5.28 Å². The van der Waals surface area contributed by atoms with E-state index in [9.17, 15) is 4.79 Å². The van der Waals surface area contributed by atoms with Crippen LogP contribution in [0.5, 0.6) is 0 Å². The molecule has 0 spiro atoms. The molecule has 1 aromatic heterocycles. The number of benzene rings is 1. The number of halogens is 1. The minimum Gasteiger partial charge on any atom is -0.469 e. The first-order valence-corrected chi connectivity index (χ1v) is 8.82. The van der Waals surface area contributed by atoms with Crippen molar-refractivity contribution < 1.29 is 9.53 Å². The zero-order chi connectivity index (χ0) is 16.7. The van der Waals surface area contributed by atoms with Crippen LogP contribution in [0, 0.1) is 17.8 Å². The minimum atomic E-state index is -0.119. The third-order valence-corrected chi connectivity index (χ3v) is 5.74. The highest BCUT2D eigenvalue weighted by molar-refractivity contribution is 6.28. The van der Waals surface area contributed by atoms with Gasteiger partial charge in [-0.1, -0.05) is 12.1 Å². The Balaban J connectivity index is 1.72. The number of para-hydroxylation sites is 1. The van der Waals surface area contributed by atoms with Crippen LogP contribution in [-0.4, -0.2) is 29.1 Å². The number of aromatic nitrogens is 2. The van der Waals surface area contributed by atoms with E-state index in [1.54, 1.807) is 0 Å². The van der Waals surface area contributed by atoms with Crippen LogP contribution in [0.3, 0.4) is 0 Å². The quantitative estimate of drug-likeness (QED) is 0.679. The van der Waals surface area contributed by atoms with Gasteiger partial charge in [-0.15, -0.1) is 0 Å². The highest BCUT2D eigenvalue weighted by atomic mass is 35.5. The van der Waals surface area contributed by atoms with E-state index in [2.05, 4.69) is 15.3 Å². The second kappa shape index (κ2) is 6.20. The van der Waals surface area contributed by atoms with Crippen LogP contribution < -0.4 is 5.32 Å². The Morgan fingerprint density at radius 3 is 2.62 bits per heavy atom. The lowest BCUT2D eigenvalue weighted by atomic mass is 9.61. The number of fused-ring (bicyclic) bond motifs is 4. The maximum absolute atomic E-state index is 12.4. The van der Waals surface area contributed by atoms with Gasteiger partial charge >= 0.3 is 5.97 Å². The fraction of sp³-hybridized carbons (Fsp3) is 0.500. The fourth-order valence-electron chi connectivity index (χ4n) is 4.45. The third-order valence-electron chi connectivity index (χ3n) is 5.57. The van der Waals surface area contributed by atoms with E-state index in [0.29, 0.717) is 17.7 Å². The van der Waals surface area contributed by atoms with E-state index in [-0.39, 0.29) is 23.2 Å². The van der Waals surface area contributed by atoms with Crippen LogP contribution in [0.4, 0.5) is 5.82 Å². The standard InChI is InChI=1S/C18H20ClN3O2/c1-24-17(23)14-10-6-8-11(9-7-10)15(14)21-16-12-4-2-3-5-13(12)20-18(19)22-16/h2-5,10-11,14-15H,6-9H2,1H3,(H,20,21,22)/t10?,11?,14-,15-/m0/s1. The number of esters is 1. The predicted molar refractivity (Wildman–Crippen MR) is 92.9 cm³/mol. The van der Waals surface area contributed by atoms with Gasteiger partial charge in [0, 0.05) is 11.4 Å². The van der Waals surface area contributed by atoms with E-state index in [1.165, 1.54) is 7.11 Å². The molecule has 3 saturated carbocycles. The number of methoxy groups -OCH3 is 1. The SMILES string of the molecule is COC(=O)[C@H]1C2CCC(CC2)[C@@H]1Nc1nc(Cl)nc2ccccc12. The molecule has 5 rings (SSSR count). The zero-order valence-electron chi connectivity index (χ0n) is 13.5. The number of anilines is 1. The van der Waals surface area contributed by atoms with Gasteiger partial charge < -0.3 is 10.1 Å². The molecule has 0 unspecified atom stereocenters. The average molecular weight is 346 g/mol. The molecule has 0 aliphatic heterocycles. The van der Waals surface area contributed by atoms with Gasteiger partial charge in [-0.3, -0.25) is 4.79 Å². The highest BCUT2D eigenvalue weighted by Gasteiger charge is 2.48. The normalized spacial score (nSPS) is 28.8. The maximum Gasteiger partial charge on any atom is 0.311 e. The van der Waals surface area contributed by atoms with Crippen LogP contribution in [0.25, 0.3) is 10.9 Å². The Kier molecular flexibility index (Phi) is 4.04. The first kappa shape index (κ1) is 15.6. The molecule has 5 nitrogen and oxygen atoms in total. The largest absolute Gasteiger partial charge is 0.469 e. The lowest BCUT2D eigenvalue weighted by Crippen LogP contribution is -2.51. The first-order chi connectivity index (χ1) is 11.7. The van der Waals surface area contributed by atoms with Gasteiger partial charge in [0.2, 0.25) is 5.28 Å². The van der Waals surface area contributed by atoms with Gasteiger partial charge in [-0.2, -0.15) is 0 Å². The Morgan fingerprint density at radius 2 is 1.88 bits per heavy atom. The molecule has 0 radical (unpaired) electrons. The van der Waals surface area contributed by atoms with E-state index in [0.717, 1.165) is 36.6 Å². The minimum absolute atomic E-state index is 0.0410. The predicted octanol–water partition coefficient (Wildman–Crippen LogP) is 3.67. The van der Waals surface area contributed by atoms with Gasteiger partial charge in [0.1, 0.15) is 5.82 Å². The molecule has 2 aromatic rings. The van der Waals surface area contributed by atoms with Gasteiger partial charge in [-0.05, 0) is 61.3 Å². The van der Waals surface area contributed by atoms with Crippen LogP contribution in [0.15, 0.2) is 24.3 Å². The van der Waals surface area contributed by atoms with Gasteiger partial charge in [0.25, 0.3) is 0 Å². The number of carbonyl (C=O) groups is 1. The van der Waals surface area contributed by atoms with E-state index >= 15 is 0 Å². The Bertz CT molecular complexity index is 774. The van der Waals surface area contributed by atoms with Crippen molar-refractivity contribution in [1.29, 1.82) is 0 Å². The molecule has 1 heterocycles. The summed E-state index contributed by atoms with van der Waals surface area (Å²) < 4.78 is 5.08. The molecule has 3 fully saturated rings. The van der Waals surface area contributed by atoms with Crippen molar-refractivity contribution in [3.05, 3.63) is 29.5 Å². The topological polar surface area (TPSA) is 64.1 Å². The van der Waals surface area contributed by atoms with Crippen LogP contribution in [-0.2, 0) is 9.53 Å². The Morgan fingerprint density at radius 1 is 1.17 bits per heavy atom. The maximum atomic E-state index is 12.4. The number of ether oxygens (including phenoxy) is 1. The van der Waals surface area contributed by atoms with Crippen LogP contribution in [0.1, 0.15) is 25.7 Å².